The third-order valence-corrected chi connectivity index (χ3v) is 4.45. The monoisotopic (exact) mass is 328 g/mol. The van der Waals surface area contributed by atoms with Crippen molar-refractivity contribution in [2.24, 2.45) is 5.73 Å². The molecule has 0 aromatic carbocycles. The molecule has 0 aliphatic carbocycles. The predicted octanol–water partition coefficient (Wildman–Crippen LogP) is 3.54. The zero-order valence-corrected chi connectivity index (χ0v) is 12.9. The number of halogens is 1. The number of nitrogens with two attached hydrogens (primary N) is 1. The molecule has 18 heavy (non-hydrogen) atoms. The molecule has 0 bridgehead atoms. The Balaban J connectivity index is 2.08. The summed E-state index contributed by atoms with van der Waals surface area (Å²) in [5.74, 6) is 1.92. The van der Waals surface area contributed by atoms with E-state index in [1.807, 2.05) is 19.1 Å². The highest BCUT2D eigenvalue weighted by Crippen LogP contribution is 2.28. The molecule has 0 spiro atoms. The minimum atomic E-state index is 0.220. The zero-order valence-electron chi connectivity index (χ0n) is 10.5. The van der Waals surface area contributed by atoms with Crippen molar-refractivity contribution in [3.05, 3.63) is 44.4 Å². The smallest absolute Gasteiger partial charge is 0.118 e. The Labute approximate surface area is 120 Å². The van der Waals surface area contributed by atoms with Crippen LogP contribution in [0, 0.1) is 6.92 Å². The molecule has 2 aromatic heterocycles. The van der Waals surface area contributed by atoms with Gasteiger partial charge in [0.2, 0.25) is 0 Å². The number of likely N-dealkylation sites (N-methyl/N-ethyl adjacent to an activating group) is 1. The fourth-order valence-electron chi connectivity index (χ4n) is 1.99. The van der Waals surface area contributed by atoms with Gasteiger partial charge in [0.1, 0.15) is 11.5 Å². The predicted molar refractivity (Wildman–Crippen MR) is 78.7 cm³/mol. The van der Waals surface area contributed by atoms with Gasteiger partial charge in [-0.1, -0.05) is 0 Å². The van der Waals surface area contributed by atoms with E-state index in [9.17, 15) is 0 Å². The first-order valence-electron chi connectivity index (χ1n) is 5.79. The Bertz CT molecular complexity index is 509. The number of rotatable bonds is 5. The van der Waals surface area contributed by atoms with Crippen molar-refractivity contribution >= 4 is 27.3 Å². The largest absolute Gasteiger partial charge is 0.465 e. The van der Waals surface area contributed by atoms with Crippen molar-refractivity contribution in [3.63, 3.8) is 0 Å². The van der Waals surface area contributed by atoms with E-state index in [1.54, 1.807) is 11.3 Å². The molecule has 0 saturated heterocycles. The standard InChI is InChI=1S/C13H17BrN2OS/c1-9-3-4-11(17-9)7-16(2)12(6-15)10-5-13(14)18-8-10/h3-5,8,12H,6-7,15H2,1-2H3. The maximum absolute atomic E-state index is 5.89. The van der Waals surface area contributed by atoms with Crippen LogP contribution in [0.1, 0.15) is 23.1 Å². The molecule has 1 unspecified atom stereocenters. The summed E-state index contributed by atoms with van der Waals surface area (Å²) in [4.78, 5) is 2.22. The third-order valence-electron chi connectivity index (χ3n) is 2.93. The van der Waals surface area contributed by atoms with Gasteiger partial charge in [-0.3, -0.25) is 4.90 Å². The topological polar surface area (TPSA) is 42.4 Å². The van der Waals surface area contributed by atoms with Crippen molar-refractivity contribution in [1.82, 2.24) is 4.90 Å². The van der Waals surface area contributed by atoms with Gasteiger partial charge in [0, 0.05) is 12.6 Å². The molecule has 1 atom stereocenters. The molecule has 2 heterocycles. The van der Waals surface area contributed by atoms with Crippen molar-refractivity contribution in [1.29, 1.82) is 0 Å². The summed E-state index contributed by atoms with van der Waals surface area (Å²) in [6, 6.07) is 6.36. The van der Waals surface area contributed by atoms with E-state index < -0.39 is 0 Å². The van der Waals surface area contributed by atoms with Crippen LogP contribution in [0.15, 0.2) is 31.8 Å². The molecule has 0 aliphatic rings. The highest BCUT2D eigenvalue weighted by atomic mass is 79.9. The maximum atomic E-state index is 5.89. The molecule has 0 amide bonds. The van der Waals surface area contributed by atoms with E-state index in [1.165, 1.54) is 5.56 Å². The van der Waals surface area contributed by atoms with Crippen LogP contribution in [0.5, 0.6) is 0 Å². The van der Waals surface area contributed by atoms with Gasteiger partial charge < -0.3 is 10.2 Å². The van der Waals surface area contributed by atoms with Crippen LogP contribution in [0.2, 0.25) is 0 Å². The fraction of sp³-hybridized carbons (Fsp3) is 0.385. The van der Waals surface area contributed by atoms with Gasteiger partial charge in [0.15, 0.2) is 0 Å². The lowest BCUT2D eigenvalue weighted by molar-refractivity contribution is 0.222. The minimum absolute atomic E-state index is 0.220. The van der Waals surface area contributed by atoms with E-state index in [4.69, 9.17) is 10.2 Å². The lowest BCUT2D eigenvalue weighted by Gasteiger charge is -2.25. The van der Waals surface area contributed by atoms with Gasteiger partial charge in [-0.2, -0.15) is 0 Å². The van der Waals surface area contributed by atoms with E-state index in [0.29, 0.717) is 6.54 Å². The van der Waals surface area contributed by atoms with Gasteiger partial charge in [-0.05, 0) is 59.0 Å². The number of hydrogen-bond acceptors (Lipinski definition) is 4. The molecule has 0 saturated carbocycles. The SMILES string of the molecule is Cc1ccc(CN(C)C(CN)c2csc(Br)c2)o1. The second-order valence-electron chi connectivity index (χ2n) is 4.36. The second-order valence-corrected chi connectivity index (χ2v) is 6.65. The maximum Gasteiger partial charge on any atom is 0.118 e. The number of aryl methyl sites for hydroxylation is 1. The summed E-state index contributed by atoms with van der Waals surface area (Å²) >= 11 is 5.18. The average Bonchev–Trinajstić information content (AvgIpc) is 2.89. The van der Waals surface area contributed by atoms with Crippen LogP contribution < -0.4 is 5.73 Å². The van der Waals surface area contributed by atoms with Crippen molar-refractivity contribution < 1.29 is 4.42 Å². The Kier molecular flexibility index (Phi) is 4.61. The Morgan fingerprint density at radius 2 is 2.28 bits per heavy atom. The van der Waals surface area contributed by atoms with Crippen LogP contribution in [-0.4, -0.2) is 18.5 Å². The van der Waals surface area contributed by atoms with Gasteiger partial charge in [0.25, 0.3) is 0 Å². The number of thiophene rings is 1. The number of hydrogen-bond donors (Lipinski definition) is 1. The molecule has 0 aliphatic heterocycles. The molecule has 2 aromatic rings. The lowest BCUT2D eigenvalue weighted by atomic mass is 10.1. The average molecular weight is 329 g/mol. The lowest BCUT2D eigenvalue weighted by Crippen LogP contribution is -2.29. The summed E-state index contributed by atoms with van der Waals surface area (Å²) < 4.78 is 6.74. The van der Waals surface area contributed by atoms with Crippen LogP contribution in [-0.2, 0) is 6.54 Å². The summed E-state index contributed by atoms with van der Waals surface area (Å²) in [7, 11) is 2.07. The van der Waals surface area contributed by atoms with E-state index in [2.05, 4.69) is 39.3 Å². The van der Waals surface area contributed by atoms with Gasteiger partial charge in [-0.25, -0.2) is 0 Å². The van der Waals surface area contributed by atoms with Crippen molar-refractivity contribution in [3.8, 4) is 0 Å². The fourth-order valence-corrected chi connectivity index (χ4v) is 3.22. The van der Waals surface area contributed by atoms with Crippen LogP contribution in [0.25, 0.3) is 0 Å². The van der Waals surface area contributed by atoms with Crippen molar-refractivity contribution in [2.45, 2.75) is 19.5 Å². The molecule has 2 rings (SSSR count). The number of furan rings is 1. The normalized spacial score (nSPS) is 13.2. The second kappa shape index (κ2) is 6.02. The van der Waals surface area contributed by atoms with Gasteiger partial charge in [-0.15, -0.1) is 11.3 Å². The molecular weight excluding hydrogens is 312 g/mol. The Morgan fingerprint density at radius 3 is 2.78 bits per heavy atom. The van der Waals surface area contributed by atoms with E-state index in [0.717, 1.165) is 21.9 Å². The quantitative estimate of drug-likeness (QED) is 0.912. The zero-order chi connectivity index (χ0) is 13.1. The molecule has 3 nitrogen and oxygen atoms in total. The minimum Gasteiger partial charge on any atom is -0.465 e. The van der Waals surface area contributed by atoms with Crippen molar-refractivity contribution in [2.75, 3.05) is 13.6 Å². The van der Waals surface area contributed by atoms with Crippen LogP contribution >= 0.6 is 27.3 Å². The highest BCUT2D eigenvalue weighted by Gasteiger charge is 2.18. The van der Waals surface area contributed by atoms with Crippen LogP contribution in [0.4, 0.5) is 0 Å². The Morgan fingerprint density at radius 1 is 1.50 bits per heavy atom. The Hall–Kier alpha value is -0.620. The number of nitrogens with zero attached hydrogens (tertiary/aromatic N) is 1. The first-order valence-corrected chi connectivity index (χ1v) is 7.47. The molecular formula is C13H17BrN2OS. The van der Waals surface area contributed by atoms with Crippen LogP contribution in [0.3, 0.4) is 0 Å². The first kappa shape index (κ1) is 13.8. The highest BCUT2D eigenvalue weighted by molar-refractivity contribution is 9.11. The summed E-state index contributed by atoms with van der Waals surface area (Å²) in [5.41, 5.74) is 7.14. The van der Waals surface area contributed by atoms with E-state index in [-0.39, 0.29) is 6.04 Å². The first-order chi connectivity index (χ1) is 8.60. The summed E-state index contributed by atoms with van der Waals surface area (Å²) in [6.45, 7) is 3.32. The molecule has 0 radical (unpaired) electrons. The van der Waals surface area contributed by atoms with Gasteiger partial charge >= 0.3 is 0 Å². The molecule has 98 valence electrons. The molecule has 0 fully saturated rings. The van der Waals surface area contributed by atoms with E-state index >= 15 is 0 Å². The third kappa shape index (κ3) is 3.23. The summed E-state index contributed by atoms with van der Waals surface area (Å²) in [5, 5.41) is 2.14. The summed E-state index contributed by atoms with van der Waals surface area (Å²) in [6.07, 6.45) is 0. The van der Waals surface area contributed by atoms with Gasteiger partial charge in [0.05, 0.1) is 10.3 Å². The molecule has 2 N–H and O–H groups in total. The molecule has 5 heteroatoms.